The maximum absolute atomic E-state index is 7.83. The molecule has 0 bridgehead atoms. The van der Waals surface area contributed by atoms with Crippen LogP contribution in [0.1, 0.15) is 16.9 Å². The summed E-state index contributed by atoms with van der Waals surface area (Å²) in [6.45, 7) is 0.508. The van der Waals surface area contributed by atoms with Gasteiger partial charge < -0.3 is 20.3 Å². The Balaban J connectivity index is 1.57. The van der Waals surface area contributed by atoms with Gasteiger partial charge in [0.1, 0.15) is 23.9 Å². The summed E-state index contributed by atoms with van der Waals surface area (Å²) in [5.41, 5.74) is 3.00. The van der Waals surface area contributed by atoms with E-state index >= 15 is 0 Å². The highest BCUT2D eigenvalue weighted by Gasteiger charge is 2.03. The topological polar surface area (TPSA) is 79.1 Å². The fourth-order valence-corrected chi connectivity index (χ4v) is 2.66. The molecule has 0 aliphatic rings. The van der Waals surface area contributed by atoms with Crippen LogP contribution < -0.4 is 9.47 Å². The number of thiazole rings is 1. The fourth-order valence-electron chi connectivity index (χ4n) is 2.15. The van der Waals surface area contributed by atoms with E-state index in [1.807, 2.05) is 48.5 Å². The van der Waals surface area contributed by atoms with Gasteiger partial charge in [-0.3, -0.25) is 4.98 Å². The second kappa shape index (κ2) is 8.21. The standard InChI is InChI=1S/C19H17N3O2S/c20-10-9-19(21)14-1-3-16(4-2-14)24-17-7-5-15(6-8-17)23-12-18-11-22-13-25-18/h1-8,10-11,13,20-21H,9,12H2. The first-order valence-electron chi connectivity index (χ1n) is 7.69. The lowest BCUT2D eigenvalue weighted by atomic mass is 10.1. The van der Waals surface area contributed by atoms with Crippen LogP contribution in [0.3, 0.4) is 0 Å². The first-order chi connectivity index (χ1) is 12.2. The first-order valence-corrected chi connectivity index (χ1v) is 8.57. The number of hydrogen-bond donors (Lipinski definition) is 2. The highest BCUT2D eigenvalue weighted by molar-refractivity contribution is 7.09. The van der Waals surface area contributed by atoms with E-state index in [1.54, 1.807) is 23.0 Å². The van der Waals surface area contributed by atoms with Crippen molar-refractivity contribution in [2.45, 2.75) is 13.0 Å². The van der Waals surface area contributed by atoms with Crippen molar-refractivity contribution in [2.75, 3.05) is 0 Å². The van der Waals surface area contributed by atoms with Crippen LogP contribution in [0.5, 0.6) is 17.2 Å². The molecule has 0 aliphatic carbocycles. The Labute approximate surface area is 149 Å². The zero-order chi connectivity index (χ0) is 17.5. The first kappa shape index (κ1) is 16.9. The quantitative estimate of drug-likeness (QED) is 0.565. The van der Waals surface area contributed by atoms with Gasteiger partial charge in [-0.05, 0) is 54.1 Å². The highest BCUT2D eigenvalue weighted by atomic mass is 32.1. The number of aromatic nitrogens is 1. The van der Waals surface area contributed by atoms with Gasteiger partial charge in [0.25, 0.3) is 0 Å². The molecule has 0 amide bonds. The van der Waals surface area contributed by atoms with E-state index in [-0.39, 0.29) is 0 Å². The minimum Gasteiger partial charge on any atom is -0.488 e. The lowest BCUT2D eigenvalue weighted by molar-refractivity contribution is 0.309. The molecule has 3 rings (SSSR count). The molecule has 0 atom stereocenters. The van der Waals surface area contributed by atoms with Crippen molar-refractivity contribution in [1.29, 1.82) is 10.8 Å². The predicted octanol–water partition coefficient (Wildman–Crippen LogP) is 4.92. The Morgan fingerprint density at radius 3 is 2.24 bits per heavy atom. The molecule has 25 heavy (non-hydrogen) atoms. The zero-order valence-electron chi connectivity index (χ0n) is 13.4. The van der Waals surface area contributed by atoms with Gasteiger partial charge in [-0.1, -0.05) is 0 Å². The van der Waals surface area contributed by atoms with Gasteiger partial charge in [-0.25, -0.2) is 0 Å². The van der Waals surface area contributed by atoms with Crippen molar-refractivity contribution in [3.8, 4) is 17.2 Å². The van der Waals surface area contributed by atoms with E-state index in [1.165, 1.54) is 6.21 Å². The third-order valence-corrected chi connectivity index (χ3v) is 4.19. The molecule has 0 aliphatic heterocycles. The van der Waals surface area contributed by atoms with Gasteiger partial charge in [0.15, 0.2) is 0 Å². The van der Waals surface area contributed by atoms with Crippen LogP contribution in [0.15, 0.2) is 60.2 Å². The van der Waals surface area contributed by atoms with Gasteiger partial charge in [0, 0.05) is 24.5 Å². The molecule has 5 nitrogen and oxygen atoms in total. The van der Waals surface area contributed by atoms with E-state index in [0.717, 1.165) is 16.2 Å². The summed E-state index contributed by atoms with van der Waals surface area (Å²) < 4.78 is 11.5. The van der Waals surface area contributed by atoms with Crippen LogP contribution in [0.2, 0.25) is 0 Å². The molecule has 1 heterocycles. The van der Waals surface area contributed by atoms with Gasteiger partial charge in [0.2, 0.25) is 0 Å². The molecule has 2 aromatic carbocycles. The van der Waals surface area contributed by atoms with Crippen molar-refractivity contribution in [2.24, 2.45) is 0 Å². The summed E-state index contributed by atoms with van der Waals surface area (Å²) >= 11 is 1.56. The van der Waals surface area contributed by atoms with Crippen molar-refractivity contribution >= 4 is 23.3 Å². The maximum Gasteiger partial charge on any atom is 0.127 e. The Hall–Kier alpha value is -2.99. The van der Waals surface area contributed by atoms with Crippen LogP contribution >= 0.6 is 11.3 Å². The number of nitrogens with one attached hydrogen (secondary N) is 2. The third-order valence-electron chi connectivity index (χ3n) is 3.43. The monoisotopic (exact) mass is 351 g/mol. The molecule has 1 aromatic heterocycles. The van der Waals surface area contributed by atoms with Crippen LogP contribution in [0.4, 0.5) is 0 Å². The molecule has 0 unspecified atom stereocenters. The molecular formula is C19H17N3O2S. The van der Waals surface area contributed by atoms with Gasteiger partial charge in [-0.2, -0.15) is 0 Å². The highest BCUT2D eigenvalue weighted by Crippen LogP contribution is 2.25. The number of nitrogens with zero attached hydrogens (tertiary/aromatic N) is 1. The summed E-state index contributed by atoms with van der Waals surface area (Å²) in [7, 11) is 0. The second-order valence-corrected chi connectivity index (χ2v) is 6.21. The zero-order valence-corrected chi connectivity index (χ0v) is 14.3. The Morgan fingerprint density at radius 1 is 1.00 bits per heavy atom. The van der Waals surface area contributed by atoms with E-state index < -0.39 is 0 Å². The SMILES string of the molecule is N=CCC(=N)c1ccc(Oc2ccc(OCc3cncs3)cc2)cc1. The number of benzene rings is 2. The molecule has 6 heteroatoms. The second-order valence-electron chi connectivity index (χ2n) is 5.24. The lowest BCUT2D eigenvalue weighted by Gasteiger charge is -2.09. The van der Waals surface area contributed by atoms with Gasteiger partial charge in [0.05, 0.1) is 10.4 Å². The Kier molecular flexibility index (Phi) is 5.53. The third kappa shape index (κ3) is 4.74. The number of ether oxygens (including phenoxy) is 2. The lowest BCUT2D eigenvalue weighted by Crippen LogP contribution is -1.98. The summed E-state index contributed by atoms with van der Waals surface area (Å²) in [5.74, 6) is 2.19. The Morgan fingerprint density at radius 2 is 1.64 bits per heavy atom. The van der Waals surface area contributed by atoms with Crippen LogP contribution in [-0.4, -0.2) is 16.9 Å². The predicted molar refractivity (Wildman–Crippen MR) is 99.6 cm³/mol. The fraction of sp³-hybridized carbons (Fsp3) is 0.105. The Bertz CT molecular complexity index is 828. The molecule has 0 saturated carbocycles. The van der Waals surface area contributed by atoms with E-state index in [9.17, 15) is 0 Å². The van der Waals surface area contributed by atoms with Crippen molar-refractivity contribution < 1.29 is 9.47 Å². The van der Waals surface area contributed by atoms with E-state index in [2.05, 4.69) is 4.98 Å². The molecule has 0 saturated heterocycles. The van der Waals surface area contributed by atoms with Gasteiger partial charge in [-0.15, -0.1) is 11.3 Å². The van der Waals surface area contributed by atoms with Crippen molar-refractivity contribution in [1.82, 2.24) is 4.98 Å². The largest absolute Gasteiger partial charge is 0.488 e. The normalized spacial score (nSPS) is 10.2. The van der Waals surface area contributed by atoms with Crippen LogP contribution in [-0.2, 0) is 6.61 Å². The summed E-state index contributed by atoms with van der Waals surface area (Å²) in [4.78, 5) is 5.09. The van der Waals surface area contributed by atoms with E-state index in [0.29, 0.717) is 30.2 Å². The molecule has 3 aromatic rings. The van der Waals surface area contributed by atoms with E-state index in [4.69, 9.17) is 20.3 Å². The molecule has 0 spiro atoms. The smallest absolute Gasteiger partial charge is 0.127 e. The van der Waals surface area contributed by atoms with Crippen LogP contribution in [0, 0.1) is 10.8 Å². The van der Waals surface area contributed by atoms with Crippen LogP contribution in [0.25, 0.3) is 0 Å². The maximum atomic E-state index is 7.83. The van der Waals surface area contributed by atoms with Gasteiger partial charge >= 0.3 is 0 Å². The molecule has 0 fully saturated rings. The van der Waals surface area contributed by atoms with Crippen molar-refractivity contribution in [3.05, 3.63) is 70.7 Å². The average Bonchev–Trinajstić information content (AvgIpc) is 3.15. The molecule has 0 radical (unpaired) electrons. The minimum absolute atomic E-state index is 0.337. The molecule has 2 N–H and O–H groups in total. The molecule has 126 valence electrons. The minimum atomic E-state index is 0.337. The number of rotatable bonds is 8. The summed E-state index contributed by atoms with van der Waals surface area (Å²) in [6, 6.07) is 14.7. The van der Waals surface area contributed by atoms with Crippen molar-refractivity contribution in [3.63, 3.8) is 0 Å². The molecular weight excluding hydrogens is 334 g/mol. The summed E-state index contributed by atoms with van der Waals surface area (Å²) in [6.07, 6.45) is 3.36. The summed E-state index contributed by atoms with van der Waals surface area (Å²) in [5, 5.41) is 14.9. The number of hydrogen-bond acceptors (Lipinski definition) is 6. The average molecular weight is 351 g/mol.